The summed E-state index contributed by atoms with van der Waals surface area (Å²) in [6.45, 7) is 2.16. The number of nitrogens with zero attached hydrogens (tertiary/aromatic N) is 2. The number of benzene rings is 1. The molecule has 1 heterocycles. The highest BCUT2D eigenvalue weighted by atomic mass is 35.5. The molecule has 0 aromatic heterocycles. The quantitative estimate of drug-likeness (QED) is 0.652. The van der Waals surface area contributed by atoms with Crippen LogP contribution in [-0.4, -0.2) is 28.9 Å². The van der Waals surface area contributed by atoms with Gasteiger partial charge in [-0.1, -0.05) is 22.8 Å². The van der Waals surface area contributed by atoms with Crippen LogP contribution in [0.25, 0.3) is 0 Å². The molecule has 92 valence electrons. The molecular weight excluding hydrogens is 243 g/mol. The van der Waals surface area contributed by atoms with Crippen LogP contribution in [0.15, 0.2) is 23.4 Å². The minimum absolute atomic E-state index is 0.265. The van der Waals surface area contributed by atoms with Crippen molar-refractivity contribution in [1.29, 1.82) is 0 Å². The number of hydrogen-bond donors (Lipinski definition) is 1. The SMILES string of the molecule is ON=C1CCN(Cc2ccc(Cl)cc2F)CC1. The Balaban J connectivity index is 1.98. The molecule has 1 N–H and O–H groups in total. The molecule has 0 saturated carbocycles. The van der Waals surface area contributed by atoms with E-state index >= 15 is 0 Å². The Morgan fingerprint density at radius 2 is 2.06 bits per heavy atom. The first-order valence-electron chi connectivity index (χ1n) is 5.55. The highest BCUT2D eigenvalue weighted by molar-refractivity contribution is 6.30. The zero-order chi connectivity index (χ0) is 12.3. The number of likely N-dealkylation sites (tertiary alicyclic amines) is 1. The van der Waals surface area contributed by atoms with Gasteiger partial charge in [0.15, 0.2) is 0 Å². The maximum absolute atomic E-state index is 13.6. The normalized spacial score (nSPS) is 17.2. The van der Waals surface area contributed by atoms with E-state index in [1.165, 1.54) is 6.07 Å². The molecule has 0 bridgehead atoms. The molecule has 1 aliphatic rings. The molecule has 1 aliphatic heterocycles. The van der Waals surface area contributed by atoms with E-state index in [0.29, 0.717) is 17.1 Å². The summed E-state index contributed by atoms with van der Waals surface area (Å²) < 4.78 is 13.6. The molecule has 17 heavy (non-hydrogen) atoms. The van der Waals surface area contributed by atoms with E-state index in [9.17, 15) is 4.39 Å². The van der Waals surface area contributed by atoms with E-state index < -0.39 is 0 Å². The summed E-state index contributed by atoms with van der Waals surface area (Å²) in [6.07, 6.45) is 1.48. The molecule has 2 rings (SSSR count). The number of rotatable bonds is 2. The summed E-state index contributed by atoms with van der Waals surface area (Å²) >= 11 is 5.70. The van der Waals surface area contributed by atoms with E-state index in [-0.39, 0.29) is 5.82 Å². The third-order valence-corrected chi connectivity index (χ3v) is 3.22. The van der Waals surface area contributed by atoms with Crippen molar-refractivity contribution in [2.24, 2.45) is 5.16 Å². The predicted octanol–water partition coefficient (Wildman–Crippen LogP) is 2.91. The first kappa shape index (κ1) is 12.3. The van der Waals surface area contributed by atoms with Gasteiger partial charge in [0.05, 0.1) is 5.71 Å². The summed E-state index contributed by atoms with van der Waals surface area (Å²) in [4.78, 5) is 2.14. The van der Waals surface area contributed by atoms with Gasteiger partial charge in [0.25, 0.3) is 0 Å². The van der Waals surface area contributed by atoms with Gasteiger partial charge in [-0.05, 0) is 12.1 Å². The van der Waals surface area contributed by atoms with E-state index in [1.54, 1.807) is 12.1 Å². The van der Waals surface area contributed by atoms with Crippen LogP contribution < -0.4 is 0 Å². The minimum Gasteiger partial charge on any atom is -0.411 e. The van der Waals surface area contributed by atoms with Gasteiger partial charge in [-0.3, -0.25) is 4.90 Å². The van der Waals surface area contributed by atoms with Gasteiger partial charge >= 0.3 is 0 Å². The molecule has 5 heteroatoms. The third kappa shape index (κ3) is 3.17. The van der Waals surface area contributed by atoms with Crippen LogP contribution in [0.1, 0.15) is 18.4 Å². The van der Waals surface area contributed by atoms with Gasteiger partial charge in [-0.15, -0.1) is 0 Å². The molecule has 1 aromatic carbocycles. The lowest BCUT2D eigenvalue weighted by Gasteiger charge is -2.27. The van der Waals surface area contributed by atoms with Crippen molar-refractivity contribution in [3.05, 3.63) is 34.6 Å². The molecular formula is C12H14ClFN2O. The number of piperidine rings is 1. The van der Waals surface area contributed by atoms with Crippen LogP contribution in [0.3, 0.4) is 0 Å². The van der Waals surface area contributed by atoms with E-state index in [1.807, 2.05) is 0 Å². The lowest BCUT2D eigenvalue weighted by Crippen LogP contribution is -2.33. The smallest absolute Gasteiger partial charge is 0.129 e. The summed E-state index contributed by atoms with van der Waals surface area (Å²) in [5, 5.41) is 12.3. The highest BCUT2D eigenvalue weighted by Crippen LogP contribution is 2.18. The second-order valence-corrected chi connectivity index (χ2v) is 4.61. The Labute approximate surface area is 104 Å². The molecule has 0 unspecified atom stereocenters. The van der Waals surface area contributed by atoms with Gasteiger partial charge in [-0.25, -0.2) is 4.39 Å². The van der Waals surface area contributed by atoms with Gasteiger partial charge < -0.3 is 5.21 Å². The maximum atomic E-state index is 13.6. The summed E-state index contributed by atoms with van der Waals surface area (Å²) in [5.41, 5.74) is 1.47. The van der Waals surface area contributed by atoms with Gasteiger partial charge in [-0.2, -0.15) is 0 Å². The van der Waals surface area contributed by atoms with Crippen LogP contribution in [0.5, 0.6) is 0 Å². The standard InChI is InChI=1S/C12H14ClFN2O/c13-10-2-1-9(12(14)7-10)8-16-5-3-11(15-17)4-6-16/h1-2,7,17H,3-6,8H2. The molecule has 0 atom stereocenters. The lowest BCUT2D eigenvalue weighted by atomic mass is 10.1. The van der Waals surface area contributed by atoms with E-state index in [2.05, 4.69) is 10.1 Å². The van der Waals surface area contributed by atoms with Crippen LogP contribution in [0, 0.1) is 5.82 Å². The molecule has 1 aromatic rings. The fraction of sp³-hybridized carbons (Fsp3) is 0.417. The van der Waals surface area contributed by atoms with Crippen molar-refractivity contribution >= 4 is 17.3 Å². The van der Waals surface area contributed by atoms with Crippen LogP contribution in [-0.2, 0) is 6.54 Å². The average molecular weight is 257 g/mol. The van der Waals surface area contributed by atoms with Crippen LogP contribution >= 0.6 is 11.6 Å². The Morgan fingerprint density at radius 3 is 2.65 bits per heavy atom. The first-order chi connectivity index (χ1) is 8.19. The third-order valence-electron chi connectivity index (χ3n) is 2.98. The van der Waals surface area contributed by atoms with Crippen molar-refractivity contribution < 1.29 is 9.60 Å². The van der Waals surface area contributed by atoms with Crippen molar-refractivity contribution in [3.8, 4) is 0 Å². The Morgan fingerprint density at radius 1 is 1.35 bits per heavy atom. The minimum atomic E-state index is -0.265. The van der Waals surface area contributed by atoms with Crippen molar-refractivity contribution in [2.75, 3.05) is 13.1 Å². The largest absolute Gasteiger partial charge is 0.411 e. The van der Waals surface area contributed by atoms with E-state index in [0.717, 1.165) is 31.6 Å². The molecule has 0 spiro atoms. The molecule has 1 fully saturated rings. The fourth-order valence-electron chi connectivity index (χ4n) is 1.96. The van der Waals surface area contributed by atoms with E-state index in [4.69, 9.17) is 16.8 Å². The number of halogens is 2. The lowest BCUT2D eigenvalue weighted by molar-refractivity contribution is 0.253. The predicted molar refractivity (Wildman–Crippen MR) is 65.1 cm³/mol. The number of hydrogen-bond acceptors (Lipinski definition) is 3. The monoisotopic (exact) mass is 256 g/mol. The van der Waals surface area contributed by atoms with Crippen molar-refractivity contribution in [2.45, 2.75) is 19.4 Å². The topological polar surface area (TPSA) is 35.8 Å². The molecule has 1 saturated heterocycles. The summed E-state index contributed by atoms with van der Waals surface area (Å²) in [6, 6.07) is 4.75. The van der Waals surface area contributed by atoms with Crippen molar-refractivity contribution in [1.82, 2.24) is 4.90 Å². The number of oxime groups is 1. The second kappa shape index (κ2) is 5.47. The zero-order valence-corrected chi connectivity index (χ0v) is 10.1. The fourth-order valence-corrected chi connectivity index (χ4v) is 2.12. The Hall–Kier alpha value is -1.13. The average Bonchev–Trinajstić information content (AvgIpc) is 2.34. The highest BCUT2D eigenvalue weighted by Gasteiger charge is 2.16. The van der Waals surface area contributed by atoms with Gasteiger partial charge in [0, 0.05) is 43.1 Å². The molecule has 3 nitrogen and oxygen atoms in total. The Bertz CT molecular complexity index is 427. The second-order valence-electron chi connectivity index (χ2n) is 4.18. The molecule has 0 aliphatic carbocycles. The molecule has 0 amide bonds. The maximum Gasteiger partial charge on any atom is 0.129 e. The Kier molecular flexibility index (Phi) is 3.97. The van der Waals surface area contributed by atoms with Crippen molar-refractivity contribution in [3.63, 3.8) is 0 Å². The van der Waals surface area contributed by atoms with Gasteiger partial charge in [0.2, 0.25) is 0 Å². The molecule has 0 radical (unpaired) electrons. The zero-order valence-electron chi connectivity index (χ0n) is 9.37. The summed E-state index contributed by atoms with van der Waals surface area (Å²) in [7, 11) is 0. The van der Waals surface area contributed by atoms with Gasteiger partial charge in [0.1, 0.15) is 5.82 Å². The van der Waals surface area contributed by atoms with Crippen LogP contribution in [0.4, 0.5) is 4.39 Å². The van der Waals surface area contributed by atoms with Crippen LogP contribution in [0.2, 0.25) is 5.02 Å². The first-order valence-corrected chi connectivity index (χ1v) is 5.93. The summed E-state index contributed by atoms with van der Waals surface area (Å²) in [5.74, 6) is -0.265.